The number of thioether (sulfide) groups is 1. The summed E-state index contributed by atoms with van der Waals surface area (Å²) in [6.45, 7) is 0. The van der Waals surface area contributed by atoms with Crippen LogP contribution in [-0.4, -0.2) is 37.8 Å². The third-order valence-corrected chi connectivity index (χ3v) is 6.75. The Hall–Kier alpha value is -1.17. The molecule has 1 aliphatic rings. The van der Waals surface area contributed by atoms with Crippen molar-refractivity contribution in [1.29, 1.82) is 0 Å². The maximum Gasteiger partial charge on any atom is 0.239 e. The second-order valence-corrected chi connectivity index (χ2v) is 9.62. The fraction of sp³-hybridized carbons (Fsp3) is 0.235. The van der Waals surface area contributed by atoms with Gasteiger partial charge in [0.15, 0.2) is 0 Å². The Balaban J connectivity index is 0.000000465. The van der Waals surface area contributed by atoms with Crippen molar-refractivity contribution >= 4 is 50.1 Å². The van der Waals surface area contributed by atoms with Crippen LogP contribution in [0.1, 0.15) is 9.75 Å². The first kappa shape index (κ1) is 22.1. The number of halogens is 1. The first-order valence-electron chi connectivity index (χ1n) is 7.64. The lowest BCUT2D eigenvalue weighted by Crippen LogP contribution is -2.68. The third-order valence-electron chi connectivity index (χ3n) is 3.33. The van der Waals surface area contributed by atoms with E-state index in [1.807, 2.05) is 23.1 Å². The van der Waals surface area contributed by atoms with Crippen molar-refractivity contribution in [2.75, 3.05) is 33.1 Å². The highest BCUT2D eigenvalue weighted by molar-refractivity contribution is 8.18. The lowest BCUT2D eigenvalue weighted by Gasteiger charge is -2.17. The van der Waals surface area contributed by atoms with E-state index in [2.05, 4.69) is 79.5 Å². The molecular weight excluding hydrogens is 428 g/mol. The maximum atomic E-state index is 8.49. The molecule has 146 valence electrons. The Morgan fingerprint density at radius 1 is 1.00 bits per heavy atom. The van der Waals surface area contributed by atoms with Crippen molar-refractivity contribution in [2.24, 2.45) is 0 Å². The number of nitrogens with zero attached hydrogens (tertiary/aromatic N) is 2. The molecule has 3 rings (SSSR count). The molecule has 0 unspecified atom stereocenters. The van der Waals surface area contributed by atoms with Gasteiger partial charge in [-0.1, -0.05) is 6.07 Å². The van der Waals surface area contributed by atoms with Crippen molar-refractivity contribution in [3.05, 3.63) is 56.5 Å². The fourth-order valence-electron chi connectivity index (χ4n) is 2.19. The molecule has 0 atom stereocenters. The standard InChI is InChI=1S/C17H19N2S3.ClHO4/c1-18(2)15-9-7-13(21-15)17(12-6-5-11-20-12)14-8-10-16(22-14)19(3)4;2-1(3,4)5/h5-11H,1-4H3;(H,2,3,4,5)/q+1;/p-1. The summed E-state index contributed by atoms with van der Waals surface area (Å²) in [7, 11) is 3.43. The lowest BCUT2D eigenvalue weighted by atomic mass is 10.1. The highest BCUT2D eigenvalue weighted by Gasteiger charge is 2.22. The van der Waals surface area contributed by atoms with E-state index >= 15 is 0 Å². The molecule has 2 aromatic rings. The highest BCUT2D eigenvalue weighted by atomic mass is 35.7. The van der Waals surface area contributed by atoms with Crippen LogP contribution in [-0.2, 0) is 0 Å². The molecule has 2 aromatic heterocycles. The van der Waals surface area contributed by atoms with Crippen molar-refractivity contribution in [1.82, 2.24) is 0 Å². The van der Waals surface area contributed by atoms with Crippen LogP contribution in [0, 0.1) is 10.2 Å². The van der Waals surface area contributed by atoms with Gasteiger partial charge < -0.3 is 4.90 Å². The fourth-order valence-corrected chi connectivity index (χ4v) is 5.19. The van der Waals surface area contributed by atoms with Crippen LogP contribution < -0.4 is 23.5 Å². The van der Waals surface area contributed by atoms with Gasteiger partial charge in [0.2, 0.25) is 5.04 Å². The highest BCUT2D eigenvalue weighted by Crippen LogP contribution is 2.42. The van der Waals surface area contributed by atoms with E-state index in [0.29, 0.717) is 0 Å². The molecular formula is C17H19ClN2O4S3. The van der Waals surface area contributed by atoms with Crippen LogP contribution in [0.3, 0.4) is 0 Å². The van der Waals surface area contributed by atoms with Gasteiger partial charge in [-0.25, -0.2) is 23.2 Å². The molecule has 0 amide bonds. The van der Waals surface area contributed by atoms with Crippen LogP contribution in [0.15, 0.2) is 46.7 Å². The number of hydrogen-bond acceptors (Lipinski definition) is 8. The molecule has 0 N–H and O–H groups in total. The van der Waals surface area contributed by atoms with Crippen LogP contribution in [0.5, 0.6) is 0 Å². The van der Waals surface area contributed by atoms with Gasteiger partial charge in [-0.15, -0.1) is 32.9 Å². The molecule has 3 heterocycles. The van der Waals surface area contributed by atoms with E-state index in [0.717, 1.165) is 0 Å². The Morgan fingerprint density at radius 3 is 2.11 bits per heavy atom. The zero-order chi connectivity index (χ0) is 20.2. The first-order chi connectivity index (χ1) is 12.6. The van der Waals surface area contributed by atoms with Crippen LogP contribution in [0.2, 0.25) is 0 Å². The average molecular weight is 447 g/mol. The van der Waals surface area contributed by atoms with E-state index in [1.165, 1.54) is 30.3 Å². The van der Waals surface area contributed by atoms with E-state index in [9.17, 15) is 0 Å². The van der Waals surface area contributed by atoms with Crippen LogP contribution >= 0.6 is 34.4 Å². The number of allylic oxidation sites excluding steroid dienone is 1. The summed E-state index contributed by atoms with van der Waals surface area (Å²) in [5, 5.41) is 4.72. The minimum atomic E-state index is -4.94. The minimum Gasteiger partial charge on any atom is -0.370 e. The molecule has 0 aromatic carbocycles. The molecule has 27 heavy (non-hydrogen) atoms. The van der Waals surface area contributed by atoms with E-state index in [-0.39, 0.29) is 0 Å². The summed E-state index contributed by atoms with van der Waals surface area (Å²) in [4.78, 5) is 6.16. The van der Waals surface area contributed by atoms with Crippen molar-refractivity contribution in [3.63, 3.8) is 0 Å². The SMILES string of the molecule is CN(C)c1ccc(C(=C2C=CC(=[N+](C)C)S2)c2cccs2)s1.[O-][Cl+3]([O-])([O-])[O-]. The second-order valence-electron chi connectivity index (χ2n) is 5.79. The zero-order valence-corrected chi connectivity index (χ0v) is 18.4. The number of thiophene rings is 2. The summed E-state index contributed by atoms with van der Waals surface area (Å²) in [5.41, 5.74) is 1.35. The number of rotatable bonds is 3. The summed E-state index contributed by atoms with van der Waals surface area (Å²) in [6.07, 6.45) is 4.44. The molecule has 10 heteroatoms. The minimum absolute atomic E-state index is 1.29. The Labute approximate surface area is 172 Å². The molecule has 0 fully saturated rings. The third kappa shape index (κ3) is 6.74. The van der Waals surface area contributed by atoms with E-state index in [4.69, 9.17) is 18.6 Å². The van der Waals surface area contributed by atoms with Gasteiger partial charge in [-0.05, 0) is 41.4 Å². The quantitative estimate of drug-likeness (QED) is 0.608. The summed E-state index contributed by atoms with van der Waals surface area (Å²) in [5.74, 6) is 0. The van der Waals surface area contributed by atoms with Crippen LogP contribution in [0.4, 0.5) is 5.00 Å². The topological polar surface area (TPSA) is 98.5 Å². The van der Waals surface area contributed by atoms with Gasteiger partial charge in [-0.3, -0.25) is 0 Å². The Bertz CT molecular complexity index is 855. The molecule has 1 aliphatic heterocycles. The van der Waals surface area contributed by atoms with Gasteiger partial charge in [0, 0.05) is 40.4 Å². The molecule has 6 nitrogen and oxygen atoms in total. The number of hydrogen-bond donors (Lipinski definition) is 0. The summed E-state index contributed by atoms with van der Waals surface area (Å²) >= 11 is 5.50. The maximum absolute atomic E-state index is 8.49. The van der Waals surface area contributed by atoms with Crippen molar-refractivity contribution < 1.29 is 33.5 Å². The Morgan fingerprint density at radius 2 is 1.67 bits per heavy atom. The average Bonchev–Trinajstić information content (AvgIpc) is 3.28. The zero-order valence-electron chi connectivity index (χ0n) is 15.2. The van der Waals surface area contributed by atoms with Gasteiger partial charge >= 0.3 is 0 Å². The van der Waals surface area contributed by atoms with Crippen molar-refractivity contribution in [2.45, 2.75) is 0 Å². The van der Waals surface area contributed by atoms with Gasteiger partial charge in [0.1, 0.15) is 14.1 Å². The normalized spacial score (nSPS) is 15.5. The number of anilines is 1. The van der Waals surface area contributed by atoms with Gasteiger partial charge in [0.05, 0.1) is 5.00 Å². The van der Waals surface area contributed by atoms with E-state index < -0.39 is 10.2 Å². The predicted molar refractivity (Wildman–Crippen MR) is 103 cm³/mol. The predicted octanol–water partition coefficient (Wildman–Crippen LogP) is -0.147. The summed E-state index contributed by atoms with van der Waals surface area (Å²) < 4.78 is 36.1. The van der Waals surface area contributed by atoms with E-state index in [1.54, 1.807) is 11.3 Å². The monoisotopic (exact) mass is 446 g/mol. The molecule has 0 radical (unpaired) electrons. The second kappa shape index (κ2) is 9.35. The Kier molecular flexibility index (Phi) is 7.66. The molecule has 0 saturated heterocycles. The van der Waals surface area contributed by atoms with Gasteiger partial charge in [0.25, 0.3) is 0 Å². The molecule has 0 saturated carbocycles. The first-order valence-corrected chi connectivity index (χ1v) is 11.4. The lowest BCUT2D eigenvalue weighted by molar-refractivity contribution is -2.00. The van der Waals surface area contributed by atoms with Crippen molar-refractivity contribution in [3.8, 4) is 0 Å². The smallest absolute Gasteiger partial charge is 0.239 e. The van der Waals surface area contributed by atoms with Crippen LogP contribution in [0.25, 0.3) is 5.57 Å². The molecule has 0 aliphatic carbocycles. The summed E-state index contributed by atoms with van der Waals surface area (Å²) in [6, 6.07) is 8.78. The molecule has 0 spiro atoms. The van der Waals surface area contributed by atoms with Gasteiger partial charge in [-0.2, -0.15) is 0 Å². The largest absolute Gasteiger partial charge is 0.370 e. The molecule has 0 bridgehead atoms.